The number of hydrogen-bond acceptors (Lipinski definition) is 6. The van der Waals surface area contributed by atoms with E-state index >= 15 is 0 Å². The van der Waals surface area contributed by atoms with Crippen LogP contribution in [0.4, 0.5) is 4.79 Å². The number of ether oxygens (including phenoxy) is 1. The topological polar surface area (TPSA) is 156 Å². The maximum atomic E-state index is 11.6. The number of carbonyl (C=O) groups excluding carboxylic acids is 1. The van der Waals surface area contributed by atoms with Crippen molar-refractivity contribution in [2.45, 2.75) is 36.8 Å². The van der Waals surface area contributed by atoms with Crippen molar-refractivity contribution in [2.75, 3.05) is 13.2 Å². The van der Waals surface area contributed by atoms with Crippen LogP contribution in [0.25, 0.3) is 0 Å². The number of urea groups is 1. The molecule has 0 aromatic carbocycles. The minimum absolute atomic E-state index is 0.0260. The van der Waals surface area contributed by atoms with E-state index < -0.39 is 42.5 Å². The van der Waals surface area contributed by atoms with Gasteiger partial charge in [0.2, 0.25) is 0 Å². The number of aliphatic hydroxyl groups is 3. The second kappa shape index (κ2) is 5.31. The van der Waals surface area contributed by atoms with Gasteiger partial charge in [-0.3, -0.25) is 10.3 Å². The van der Waals surface area contributed by atoms with Crippen LogP contribution in [0.5, 0.6) is 0 Å². The van der Waals surface area contributed by atoms with Crippen LogP contribution in [-0.2, 0) is 4.74 Å². The van der Waals surface area contributed by atoms with E-state index in [1.807, 2.05) is 0 Å². The Morgan fingerprint density at radius 1 is 1.65 bits per heavy atom. The van der Waals surface area contributed by atoms with Crippen LogP contribution in [0, 0.1) is 5.41 Å². The van der Waals surface area contributed by atoms with Crippen LogP contribution in [0.1, 0.15) is 24.1 Å². The lowest BCUT2D eigenvalue weighted by atomic mass is 9.81. The van der Waals surface area contributed by atoms with Gasteiger partial charge in [0.1, 0.15) is 23.6 Å². The summed E-state index contributed by atoms with van der Waals surface area (Å²) in [6, 6.07) is 0.868. The molecule has 0 aliphatic carbocycles. The molecule has 2 amide bonds. The number of amides is 2. The van der Waals surface area contributed by atoms with Crippen molar-refractivity contribution in [3.05, 3.63) is 23.5 Å². The lowest BCUT2D eigenvalue weighted by Crippen LogP contribution is -2.54. The number of nitrogens with two attached hydrogens (primary N) is 1. The van der Waals surface area contributed by atoms with Gasteiger partial charge in [0.05, 0.1) is 12.7 Å². The number of fused-ring (bicyclic) bond motifs is 1. The Bertz CT molecular complexity index is 643. The molecule has 1 unspecified atom stereocenters. The normalized spacial score (nSPS) is 37.0. The van der Waals surface area contributed by atoms with Crippen LogP contribution in [0.2, 0.25) is 0 Å². The first-order chi connectivity index (χ1) is 10.8. The molecule has 0 radical (unpaired) electrons. The van der Waals surface area contributed by atoms with Crippen LogP contribution >= 0.6 is 0 Å². The highest BCUT2D eigenvalue weighted by Crippen LogP contribution is 2.41. The van der Waals surface area contributed by atoms with Gasteiger partial charge in [-0.1, -0.05) is 0 Å². The molecule has 1 saturated heterocycles. The third-order valence-corrected chi connectivity index (χ3v) is 4.71. The largest absolute Gasteiger partial charge is 0.394 e. The summed E-state index contributed by atoms with van der Waals surface area (Å²) in [7, 11) is 0. The lowest BCUT2D eigenvalue weighted by Gasteiger charge is -2.38. The first-order valence-electron chi connectivity index (χ1n) is 7.29. The minimum Gasteiger partial charge on any atom is -0.394 e. The summed E-state index contributed by atoms with van der Waals surface area (Å²) in [6.45, 7) is 1.02. The second-order valence-electron chi connectivity index (χ2n) is 6.16. The Labute approximate surface area is 132 Å². The van der Waals surface area contributed by atoms with Crippen LogP contribution in [0.3, 0.4) is 0 Å². The van der Waals surface area contributed by atoms with Gasteiger partial charge in [-0.2, -0.15) is 0 Å². The fraction of sp³-hybridized carbons (Fsp3) is 0.571. The van der Waals surface area contributed by atoms with E-state index in [-0.39, 0.29) is 12.4 Å². The molecule has 5 atom stereocenters. The summed E-state index contributed by atoms with van der Waals surface area (Å²) >= 11 is 0. The molecule has 126 valence electrons. The third-order valence-electron chi connectivity index (χ3n) is 4.71. The molecule has 3 rings (SSSR count). The Hall–Kier alpha value is -1.94. The maximum absolute atomic E-state index is 11.6. The number of aromatic nitrogens is 1. The van der Waals surface area contributed by atoms with Gasteiger partial charge < -0.3 is 30.8 Å². The smallest absolute Gasteiger partial charge is 0.320 e. The number of aromatic amines is 1. The molecule has 3 heterocycles. The number of amidine groups is 1. The maximum Gasteiger partial charge on any atom is 0.320 e. The number of nitrogens with zero attached hydrogens (tertiary/aromatic N) is 1. The molecule has 23 heavy (non-hydrogen) atoms. The molecule has 9 heteroatoms. The standard InChI is InChI=1S/C14H20N4O5/c1-14(22)10(20)8(5-19)23-11(14)7-4-18(13(16)21)12(15)6-2-3-17-9(6)7/h2-3,7-8,10-11,15,17,19-20,22H,4-5H2,1H3,(H2,16,21)/t7?,8-,10-,11+,14-/m1/s1. The van der Waals surface area contributed by atoms with Gasteiger partial charge in [0, 0.05) is 29.9 Å². The van der Waals surface area contributed by atoms with Crippen LogP contribution in [-0.4, -0.2) is 74.1 Å². The Balaban J connectivity index is 2.01. The monoisotopic (exact) mass is 324 g/mol. The molecule has 1 aromatic rings. The first-order valence-corrected chi connectivity index (χ1v) is 7.29. The van der Waals surface area contributed by atoms with Gasteiger partial charge >= 0.3 is 6.03 Å². The Morgan fingerprint density at radius 2 is 2.35 bits per heavy atom. The van der Waals surface area contributed by atoms with E-state index in [0.717, 1.165) is 4.90 Å². The summed E-state index contributed by atoms with van der Waals surface area (Å²) < 4.78 is 5.65. The van der Waals surface area contributed by atoms with E-state index in [4.69, 9.17) is 15.9 Å². The number of hydrogen-bond donors (Lipinski definition) is 6. The van der Waals surface area contributed by atoms with E-state index in [1.54, 1.807) is 12.3 Å². The predicted octanol–water partition coefficient (Wildman–Crippen LogP) is -1.31. The highest BCUT2D eigenvalue weighted by Gasteiger charge is 2.56. The third kappa shape index (κ3) is 2.24. The van der Waals surface area contributed by atoms with Crippen molar-refractivity contribution in [2.24, 2.45) is 5.73 Å². The van der Waals surface area contributed by atoms with Gasteiger partial charge in [-0.25, -0.2) is 4.79 Å². The molecule has 0 bridgehead atoms. The van der Waals surface area contributed by atoms with E-state index in [2.05, 4.69) is 4.98 Å². The fourth-order valence-corrected chi connectivity index (χ4v) is 3.46. The number of carbonyl (C=O) groups is 1. The quantitative estimate of drug-likeness (QED) is 0.398. The molecule has 9 nitrogen and oxygen atoms in total. The zero-order chi connectivity index (χ0) is 16.9. The van der Waals surface area contributed by atoms with Crippen LogP contribution in [0.15, 0.2) is 12.3 Å². The van der Waals surface area contributed by atoms with Gasteiger partial charge in [0.25, 0.3) is 0 Å². The highest BCUT2D eigenvalue weighted by atomic mass is 16.6. The van der Waals surface area contributed by atoms with E-state index in [0.29, 0.717) is 11.3 Å². The van der Waals surface area contributed by atoms with Crippen molar-refractivity contribution in [3.63, 3.8) is 0 Å². The van der Waals surface area contributed by atoms with E-state index in [1.165, 1.54) is 6.92 Å². The summed E-state index contributed by atoms with van der Waals surface area (Å²) in [4.78, 5) is 15.7. The SMILES string of the molecule is C[C@@]1(O)[C@H](O)[C@@H](CO)O[C@H]1C1CN(C(N)=O)C(=N)c2cc[nH]c21. The fourth-order valence-electron chi connectivity index (χ4n) is 3.46. The zero-order valence-electron chi connectivity index (χ0n) is 12.6. The number of rotatable bonds is 2. The Morgan fingerprint density at radius 3 is 2.91 bits per heavy atom. The molecule has 1 fully saturated rings. The molecule has 0 spiro atoms. The highest BCUT2D eigenvalue weighted by molar-refractivity contribution is 6.07. The number of aliphatic hydroxyl groups excluding tert-OH is 2. The van der Waals surface area contributed by atoms with Gasteiger partial charge in [0.15, 0.2) is 0 Å². The first kappa shape index (κ1) is 15.9. The number of primary amides is 1. The number of H-pyrrole nitrogens is 1. The lowest BCUT2D eigenvalue weighted by molar-refractivity contribution is -0.0742. The minimum atomic E-state index is -1.62. The predicted molar refractivity (Wildman–Crippen MR) is 79.0 cm³/mol. The van der Waals surface area contributed by atoms with Crippen molar-refractivity contribution >= 4 is 11.9 Å². The van der Waals surface area contributed by atoms with E-state index in [9.17, 15) is 20.1 Å². The number of nitrogens with one attached hydrogen (secondary N) is 2. The van der Waals surface area contributed by atoms with Crippen molar-refractivity contribution in [1.29, 1.82) is 5.41 Å². The van der Waals surface area contributed by atoms with Crippen LogP contribution < -0.4 is 5.73 Å². The average molecular weight is 324 g/mol. The van der Waals surface area contributed by atoms with Crippen molar-refractivity contribution in [1.82, 2.24) is 9.88 Å². The summed E-state index contributed by atoms with van der Waals surface area (Å²) in [5.41, 5.74) is 4.83. The molecular formula is C14H20N4O5. The molecule has 0 saturated carbocycles. The molecule has 7 N–H and O–H groups in total. The summed E-state index contributed by atoms with van der Waals surface area (Å²) in [5, 5.41) is 38.2. The summed E-state index contributed by atoms with van der Waals surface area (Å²) in [6.07, 6.45) is -1.43. The average Bonchev–Trinajstić information content (AvgIpc) is 3.05. The molecule has 1 aromatic heterocycles. The Kier molecular flexibility index (Phi) is 3.68. The second-order valence-corrected chi connectivity index (χ2v) is 6.16. The van der Waals surface area contributed by atoms with Gasteiger partial charge in [-0.05, 0) is 13.0 Å². The zero-order valence-corrected chi connectivity index (χ0v) is 12.6. The molecular weight excluding hydrogens is 304 g/mol. The van der Waals surface area contributed by atoms with Crippen molar-refractivity contribution < 1.29 is 24.9 Å². The molecule has 2 aliphatic heterocycles. The summed E-state index contributed by atoms with van der Waals surface area (Å²) in [5.74, 6) is -0.551. The molecule has 2 aliphatic rings. The van der Waals surface area contributed by atoms with Crippen molar-refractivity contribution in [3.8, 4) is 0 Å². The van der Waals surface area contributed by atoms with Gasteiger partial charge in [-0.15, -0.1) is 0 Å².